The zero-order valence-corrected chi connectivity index (χ0v) is 12.7. The molecule has 1 saturated heterocycles. The first-order valence-corrected chi connectivity index (χ1v) is 7.89. The van der Waals surface area contributed by atoms with Crippen LogP contribution in [0.5, 0.6) is 0 Å². The molecule has 0 radical (unpaired) electrons. The van der Waals surface area contributed by atoms with Gasteiger partial charge in [0.05, 0.1) is 6.04 Å². The van der Waals surface area contributed by atoms with Crippen LogP contribution < -0.4 is 5.73 Å². The molecule has 0 spiro atoms. The maximum atomic E-state index is 11.4. The zero-order valence-electron chi connectivity index (χ0n) is 12.7. The topological polar surface area (TPSA) is 46.3 Å². The van der Waals surface area contributed by atoms with E-state index in [0.717, 1.165) is 25.9 Å². The van der Waals surface area contributed by atoms with Crippen LogP contribution in [0, 0.1) is 5.92 Å². The van der Waals surface area contributed by atoms with E-state index < -0.39 is 0 Å². The summed E-state index contributed by atoms with van der Waals surface area (Å²) in [6.07, 6.45) is 1.71. The minimum absolute atomic E-state index is 0.0310. The van der Waals surface area contributed by atoms with Crippen molar-refractivity contribution in [3.8, 4) is 0 Å². The minimum Gasteiger partial charge on any atom is -0.369 e. The van der Waals surface area contributed by atoms with Gasteiger partial charge in [0.25, 0.3) is 0 Å². The van der Waals surface area contributed by atoms with Crippen molar-refractivity contribution in [2.24, 2.45) is 11.7 Å². The summed E-state index contributed by atoms with van der Waals surface area (Å²) in [5, 5.41) is 0. The predicted octanol–water partition coefficient (Wildman–Crippen LogP) is 2.97. The maximum Gasteiger partial charge on any atom is 0.220 e. The first-order valence-electron chi connectivity index (χ1n) is 7.89. The Hall–Kier alpha value is -2.13. The monoisotopic (exact) mass is 294 g/mol. The van der Waals surface area contributed by atoms with E-state index in [-0.39, 0.29) is 17.9 Å². The van der Waals surface area contributed by atoms with Crippen LogP contribution in [0.25, 0.3) is 0 Å². The molecule has 0 atom stereocenters. The summed E-state index contributed by atoms with van der Waals surface area (Å²) in [5.74, 6) is -0.126. The molecule has 0 aromatic heterocycles. The number of hydrogen-bond acceptors (Lipinski definition) is 2. The Kier molecular flexibility index (Phi) is 4.54. The lowest BCUT2D eigenvalue weighted by Crippen LogP contribution is -2.40. The third-order valence-corrected chi connectivity index (χ3v) is 4.53. The van der Waals surface area contributed by atoms with Gasteiger partial charge in [0.2, 0.25) is 5.91 Å². The first-order chi connectivity index (χ1) is 10.8. The number of hydrogen-bond donors (Lipinski definition) is 1. The molecule has 2 aromatic carbocycles. The summed E-state index contributed by atoms with van der Waals surface area (Å²) in [4.78, 5) is 13.8. The van der Waals surface area contributed by atoms with E-state index in [0.29, 0.717) is 0 Å². The molecule has 3 heteroatoms. The van der Waals surface area contributed by atoms with Gasteiger partial charge in [-0.1, -0.05) is 60.7 Å². The summed E-state index contributed by atoms with van der Waals surface area (Å²) >= 11 is 0. The largest absolute Gasteiger partial charge is 0.369 e. The number of primary amides is 1. The summed E-state index contributed by atoms with van der Waals surface area (Å²) in [5.41, 5.74) is 8.05. The third kappa shape index (κ3) is 3.20. The van der Waals surface area contributed by atoms with Crippen LogP contribution in [0.3, 0.4) is 0 Å². The van der Waals surface area contributed by atoms with Gasteiger partial charge in [-0.05, 0) is 37.1 Å². The Morgan fingerprint density at radius 3 is 1.77 bits per heavy atom. The molecule has 0 saturated carbocycles. The molecule has 2 N–H and O–H groups in total. The summed E-state index contributed by atoms with van der Waals surface area (Å²) in [7, 11) is 0. The number of benzene rings is 2. The van der Waals surface area contributed by atoms with Crippen molar-refractivity contribution in [2.45, 2.75) is 18.9 Å². The van der Waals surface area contributed by atoms with Crippen molar-refractivity contribution in [1.82, 2.24) is 4.90 Å². The lowest BCUT2D eigenvalue weighted by Gasteiger charge is -2.37. The molecular formula is C19H22N2O. The van der Waals surface area contributed by atoms with Gasteiger partial charge in [-0.15, -0.1) is 0 Å². The quantitative estimate of drug-likeness (QED) is 0.942. The zero-order chi connectivity index (χ0) is 15.4. The standard InChI is InChI=1S/C19H22N2O/c20-19(22)17-11-13-21(14-12-17)18(15-7-3-1-4-8-15)16-9-5-2-6-10-16/h1-10,17-18H,11-14H2,(H2,20,22). The van der Waals surface area contributed by atoms with Gasteiger partial charge in [-0.25, -0.2) is 0 Å². The van der Waals surface area contributed by atoms with Crippen molar-refractivity contribution in [3.05, 3.63) is 71.8 Å². The van der Waals surface area contributed by atoms with Crippen molar-refractivity contribution < 1.29 is 4.79 Å². The van der Waals surface area contributed by atoms with E-state index in [9.17, 15) is 4.79 Å². The fraction of sp³-hybridized carbons (Fsp3) is 0.316. The van der Waals surface area contributed by atoms with E-state index in [2.05, 4.69) is 53.4 Å². The van der Waals surface area contributed by atoms with Gasteiger partial charge in [0.1, 0.15) is 0 Å². The molecule has 3 rings (SSSR count). The molecule has 1 aliphatic heterocycles. The number of nitrogens with two attached hydrogens (primary N) is 1. The van der Waals surface area contributed by atoms with Crippen LogP contribution in [0.4, 0.5) is 0 Å². The summed E-state index contributed by atoms with van der Waals surface area (Å²) in [6.45, 7) is 1.81. The van der Waals surface area contributed by atoms with E-state index >= 15 is 0 Å². The van der Waals surface area contributed by atoms with Gasteiger partial charge < -0.3 is 5.73 Å². The third-order valence-electron chi connectivity index (χ3n) is 4.53. The van der Waals surface area contributed by atoms with Gasteiger partial charge >= 0.3 is 0 Å². The van der Waals surface area contributed by atoms with Crippen LogP contribution in [0.15, 0.2) is 60.7 Å². The van der Waals surface area contributed by atoms with E-state index in [4.69, 9.17) is 5.73 Å². The first kappa shape index (κ1) is 14.8. The smallest absolute Gasteiger partial charge is 0.220 e. The van der Waals surface area contributed by atoms with E-state index in [1.54, 1.807) is 0 Å². The van der Waals surface area contributed by atoms with Crippen LogP contribution in [0.2, 0.25) is 0 Å². The van der Waals surface area contributed by atoms with Crippen molar-refractivity contribution in [2.75, 3.05) is 13.1 Å². The van der Waals surface area contributed by atoms with Gasteiger partial charge in [-0.3, -0.25) is 9.69 Å². The van der Waals surface area contributed by atoms with Gasteiger partial charge in [-0.2, -0.15) is 0 Å². The van der Waals surface area contributed by atoms with Crippen LogP contribution >= 0.6 is 0 Å². The van der Waals surface area contributed by atoms with Gasteiger partial charge in [0.15, 0.2) is 0 Å². The molecule has 0 aliphatic carbocycles. The van der Waals surface area contributed by atoms with E-state index in [1.807, 2.05) is 12.1 Å². The number of nitrogens with zero attached hydrogens (tertiary/aromatic N) is 1. The van der Waals surface area contributed by atoms with E-state index in [1.165, 1.54) is 11.1 Å². The summed E-state index contributed by atoms with van der Waals surface area (Å²) < 4.78 is 0. The highest BCUT2D eigenvalue weighted by Crippen LogP contribution is 2.32. The van der Waals surface area contributed by atoms with Gasteiger partial charge in [0, 0.05) is 5.92 Å². The molecular weight excluding hydrogens is 272 g/mol. The average Bonchev–Trinajstić information content (AvgIpc) is 2.57. The number of carbonyl (C=O) groups is 1. The second kappa shape index (κ2) is 6.75. The minimum atomic E-state index is -0.157. The normalized spacial score (nSPS) is 16.8. The molecule has 3 nitrogen and oxygen atoms in total. The van der Waals surface area contributed by atoms with Crippen LogP contribution in [0.1, 0.15) is 30.0 Å². The molecule has 0 unspecified atom stereocenters. The fourth-order valence-corrected chi connectivity index (χ4v) is 3.33. The molecule has 1 heterocycles. The van der Waals surface area contributed by atoms with Crippen molar-refractivity contribution >= 4 is 5.91 Å². The Balaban J connectivity index is 1.86. The highest BCUT2D eigenvalue weighted by Gasteiger charge is 2.29. The molecule has 0 bridgehead atoms. The maximum absolute atomic E-state index is 11.4. The Morgan fingerprint density at radius 1 is 0.909 bits per heavy atom. The Morgan fingerprint density at radius 2 is 1.36 bits per heavy atom. The molecule has 1 aliphatic rings. The number of rotatable bonds is 4. The fourth-order valence-electron chi connectivity index (χ4n) is 3.33. The molecule has 22 heavy (non-hydrogen) atoms. The number of carbonyl (C=O) groups excluding carboxylic acids is 1. The molecule has 1 amide bonds. The molecule has 2 aromatic rings. The average molecular weight is 294 g/mol. The van der Waals surface area contributed by atoms with Crippen LogP contribution in [-0.4, -0.2) is 23.9 Å². The second-order valence-electron chi connectivity index (χ2n) is 5.94. The van der Waals surface area contributed by atoms with Crippen molar-refractivity contribution in [1.29, 1.82) is 0 Å². The predicted molar refractivity (Wildman–Crippen MR) is 88.2 cm³/mol. The van der Waals surface area contributed by atoms with Crippen LogP contribution in [-0.2, 0) is 4.79 Å². The number of piperidine rings is 1. The second-order valence-corrected chi connectivity index (χ2v) is 5.94. The number of amides is 1. The molecule has 114 valence electrons. The molecule has 1 fully saturated rings. The highest BCUT2D eigenvalue weighted by atomic mass is 16.1. The lowest BCUT2D eigenvalue weighted by atomic mass is 9.91. The number of likely N-dealkylation sites (tertiary alicyclic amines) is 1. The lowest BCUT2D eigenvalue weighted by molar-refractivity contribution is -0.123. The Bertz CT molecular complexity index is 564. The SMILES string of the molecule is NC(=O)C1CCN(C(c2ccccc2)c2ccccc2)CC1. The summed E-state index contributed by atoms with van der Waals surface area (Å²) in [6, 6.07) is 21.4. The Labute approximate surface area is 131 Å². The highest BCUT2D eigenvalue weighted by molar-refractivity contribution is 5.76. The van der Waals surface area contributed by atoms with Crippen molar-refractivity contribution in [3.63, 3.8) is 0 Å².